The second kappa shape index (κ2) is 10.3. The fourth-order valence-electron chi connectivity index (χ4n) is 4.91. The van der Waals surface area contributed by atoms with Crippen molar-refractivity contribution in [1.82, 2.24) is 4.72 Å². The first-order valence-corrected chi connectivity index (χ1v) is 13.8. The van der Waals surface area contributed by atoms with Gasteiger partial charge in [0.2, 0.25) is 10.0 Å². The van der Waals surface area contributed by atoms with Gasteiger partial charge in [-0.15, -0.1) is 0 Å². The Morgan fingerprint density at radius 3 is 2.23 bits per heavy atom. The maximum absolute atomic E-state index is 13.4. The lowest BCUT2D eigenvalue weighted by atomic mass is 9.94. The molecule has 39 heavy (non-hydrogen) atoms. The first kappa shape index (κ1) is 26.6. The zero-order valence-corrected chi connectivity index (χ0v) is 21.7. The van der Waals surface area contributed by atoms with Crippen LogP contribution in [-0.4, -0.2) is 20.4 Å². The molecule has 5 rings (SSSR count). The summed E-state index contributed by atoms with van der Waals surface area (Å²) in [6.45, 7) is 1.77. The Labute approximate surface area is 224 Å². The van der Waals surface area contributed by atoms with E-state index in [1.54, 1.807) is 61.5 Å². The number of carbonyl (C=O) groups excluding carboxylic acids is 1. The number of sulfonamides is 1. The van der Waals surface area contributed by atoms with Crippen LogP contribution in [0.4, 0.5) is 18.9 Å². The van der Waals surface area contributed by atoms with Crippen LogP contribution >= 0.6 is 0 Å². The molecule has 0 aromatic heterocycles. The van der Waals surface area contributed by atoms with Crippen LogP contribution in [0.25, 0.3) is 11.1 Å². The Morgan fingerprint density at radius 2 is 1.54 bits per heavy atom. The van der Waals surface area contributed by atoms with Crippen molar-refractivity contribution in [2.45, 2.75) is 36.9 Å². The van der Waals surface area contributed by atoms with Crippen molar-refractivity contribution < 1.29 is 26.4 Å². The van der Waals surface area contributed by atoms with Gasteiger partial charge >= 0.3 is 6.18 Å². The van der Waals surface area contributed by atoms with Gasteiger partial charge in [-0.1, -0.05) is 54.6 Å². The molecule has 0 aliphatic heterocycles. The molecule has 0 saturated carbocycles. The van der Waals surface area contributed by atoms with Crippen LogP contribution in [0.3, 0.4) is 0 Å². The number of halogens is 3. The van der Waals surface area contributed by atoms with Crippen LogP contribution in [0.2, 0.25) is 0 Å². The highest BCUT2D eigenvalue weighted by molar-refractivity contribution is 7.89. The van der Waals surface area contributed by atoms with Crippen molar-refractivity contribution in [2.24, 2.45) is 0 Å². The summed E-state index contributed by atoms with van der Waals surface area (Å²) in [6, 6.07) is 23.3. The van der Waals surface area contributed by atoms with Crippen LogP contribution < -0.4 is 10.0 Å². The van der Waals surface area contributed by atoms with Crippen molar-refractivity contribution in [3.63, 3.8) is 0 Å². The number of hydrogen-bond donors (Lipinski definition) is 2. The fraction of sp³-hybridized carbons (Fsp3) is 0.167. The Kier molecular flexibility index (Phi) is 7.05. The number of nitrogens with one attached hydrogen (secondary N) is 2. The maximum atomic E-state index is 13.4. The van der Waals surface area contributed by atoms with Gasteiger partial charge in [0.1, 0.15) is 0 Å². The highest BCUT2D eigenvalue weighted by atomic mass is 32.2. The second-order valence-corrected chi connectivity index (χ2v) is 11.3. The number of anilines is 1. The maximum Gasteiger partial charge on any atom is 0.416 e. The average Bonchev–Trinajstić information content (AvgIpc) is 3.29. The monoisotopic (exact) mass is 550 g/mol. The third kappa shape index (κ3) is 5.74. The van der Waals surface area contributed by atoms with Gasteiger partial charge in [0.25, 0.3) is 5.91 Å². The lowest BCUT2D eigenvalue weighted by molar-refractivity contribution is -0.137. The molecule has 1 aliphatic carbocycles. The summed E-state index contributed by atoms with van der Waals surface area (Å²) in [6.07, 6.45) is -3.43. The zero-order valence-electron chi connectivity index (χ0n) is 20.9. The van der Waals surface area contributed by atoms with E-state index in [2.05, 4.69) is 10.0 Å². The molecule has 4 aromatic carbocycles. The molecule has 0 spiro atoms. The topological polar surface area (TPSA) is 75.3 Å². The largest absolute Gasteiger partial charge is 0.416 e. The molecule has 0 heterocycles. The first-order valence-electron chi connectivity index (χ1n) is 12.3. The van der Waals surface area contributed by atoms with E-state index in [9.17, 15) is 26.4 Å². The van der Waals surface area contributed by atoms with Crippen molar-refractivity contribution in [2.75, 3.05) is 5.32 Å². The summed E-state index contributed by atoms with van der Waals surface area (Å²) in [5.41, 5.74) is 3.79. The van der Waals surface area contributed by atoms with E-state index < -0.39 is 21.8 Å². The van der Waals surface area contributed by atoms with Gasteiger partial charge in [-0.2, -0.15) is 13.2 Å². The molecule has 0 saturated heterocycles. The van der Waals surface area contributed by atoms with E-state index in [1.807, 2.05) is 12.1 Å². The molecule has 4 aromatic rings. The van der Waals surface area contributed by atoms with E-state index in [0.717, 1.165) is 23.3 Å². The van der Waals surface area contributed by atoms with Gasteiger partial charge in [-0.25, -0.2) is 13.1 Å². The summed E-state index contributed by atoms with van der Waals surface area (Å²) in [5.74, 6) is -0.387. The number of hydrogen-bond acceptors (Lipinski definition) is 3. The summed E-state index contributed by atoms with van der Waals surface area (Å²) in [5, 5.41) is 2.91. The van der Waals surface area contributed by atoms with Crippen molar-refractivity contribution in [1.29, 1.82) is 0 Å². The third-order valence-electron chi connectivity index (χ3n) is 6.80. The quantitative estimate of drug-likeness (QED) is 0.293. The van der Waals surface area contributed by atoms with Gasteiger partial charge in [-0.3, -0.25) is 4.79 Å². The van der Waals surface area contributed by atoms with Crippen LogP contribution in [0.5, 0.6) is 0 Å². The number of carbonyl (C=O) groups is 1. The molecule has 1 amide bonds. The third-order valence-corrected chi connectivity index (χ3v) is 8.33. The molecule has 200 valence electrons. The van der Waals surface area contributed by atoms with Gasteiger partial charge in [-0.05, 0) is 84.0 Å². The highest BCUT2D eigenvalue weighted by Crippen LogP contribution is 2.33. The number of benzene rings is 4. The molecule has 0 bridgehead atoms. The summed E-state index contributed by atoms with van der Waals surface area (Å²) in [7, 11) is -3.66. The number of fused-ring (bicyclic) bond motifs is 1. The molecule has 1 aliphatic rings. The minimum Gasteiger partial charge on any atom is -0.322 e. The Morgan fingerprint density at radius 1 is 0.846 bits per heavy atom. The van der Waals surface area contributed by atoms with Crippen molar-refractivity contribution >= 4 is 21.6 Å². The van der Waals surface area contributed by atoms with Gasteiger partial charge in [0, 0.05) is 11.7 Å². The summed E-state index contributed by atoms with van der Waals surface area (Å²) in [4.78, 5) is 13.6. The molecule has 0 radical (unpaired) electrons. The molecule has 0 fully saturated rings. The molecule has 5 nitrogen and oxygen atoms in total. The standard InChI is InChI=1S/C30H25F3N2O3S/c1-19-6-5-9-27(20-10-13-23(14-11-20)30(31,32)33)28(19)29(36)34-24-15-12-21-16-25(18-22(21)17-24)35-39(37,38)26-7-3-2-4-8-26/h2-15,17,25,35H,16,18H2,1H3,(H,34,36). The second-order valence-electron chi connectivity index (χ2n) is 9.55. The normalized spacial score (nSPS) is 15.1. The zero-order chi connectivity index (χ0) is 27.8. The van der Waals surface area contributed by atoms with E-state index in [1.165, 1.54) is 12.1 Å². The summed E-state index contributed by atoms with van der Waals surface area (Å²) >= 11 is 0. The van der Waals surface area contributed by atoms with Crippen LogP contribution in [-0.2, 0) is 29.0 Å². The van der Waals surface area contributed by atoms with Crippen molar-refractivity contribution in [3.05, 3.63) is 119 Å². The molecule has 1 unspecified atom stereocenters. The number of aryl methyl sites for hydroxylation is 1. The van der Waals surface area contributed by atoms with Crippen LogP contribution in [0.15, 0.2) is 95.9 Å². The molecule has 1 atom stereocenters. The minimum atomic E-state index is -4.45. The minimum absolute atomic E-state index is 0.205. The SMILES string of the molecule is Cc1cccc(-c2ccc(C(F)(F)F)cc2)c1C(=O)Nc1ccc2c(c1)CC(NS(=O)(=O)c1ccccc1)C2. The number of rotatable bonds is 6. The van der Waals surface area contributed by atoms with Crippen molar-refractivity contribution in [3.8, 4) is 11.1 Å². The predicted octanol–water partition coefficient (Wildman–Crippen LogP) is 6.38. The average molecular weight is 551 g/mol. The number of amides is 1. The number of alkyl halides is 3. The first-order chi connectivity index (χ1) is 18.5. The molecular weight excluding hydrogens is 525 g/mol. The van der Waals surface area contributed by atoms with Gasteiger partial charge in [0.05, 0.1) is 16.0 Å². The molecule has 9 heteroatoms. The smallest absolute Gasteiger partial charge is 0.322 e. The fourth-order valence-corrected chi connectivity index (χ4v) is 6.17. The van der Waals surface area contributed by atoms with E-state index in [-0.39, 0.29) is 16.8 Å². The molecule has 2 N–H and O–H groups in total. The summed E-state index contributed by atoms with van der Waals surface area (Å²) < 4.78 is 67.3. The van der Waals surface area contributed by atoms with E-state index in [4.69, 9.17) is 0 Å². The lowest BCUT2D eigenvalue weighted by Crippen LogP contribution is -2.35. The van der Waals surface area contributed by atoms with Crippen LogP contribution in [0.1, 0.15) is 32.6 Å². The van der Waals surface area contributed by atoms with Gasteiger partial charge < -0.3 is 5.32 Å². The predicted molar refractivity (Wildman–Crippen MR) is 144 cm³/mol. The van der Waals surface area contributed by atoms with Gasteiger partial charge in [0.15, 0.2) is 0 Å². The Bertz CT molecular complexity index is 1630. The van der Waals surface area contributed by atoms with E-state index in [0.29, 0.717) is 40.8 Å². The molecular formula is C30H25F3N2O3S. The van der Waals surface area contributed by atoms with E-state index >= 15 is 0 Å². The lowest BCUT2D eigenvalue weighted by Gasteiger charge is -2.15. The Balaban J connectivity index is 1.34. The van der Waals surface area contributed by atoms with Crippen LogP contribution in [0, 0.1) is 6.92 Å². The highest BCUT2D eigenvalue weighted by Gasteiger charge is 2.30. The Hall–Kier alpha value is -3.95.